The Balaban J connectivity index is 2.56. The van der Waals surface area contributed by atoms with Crippen molar-refractivity contribution >= 4 is 17.6 Å². The van der Waals surface area contributed by atoms with Gasteiger partial charge in [0.05, 0.1) is 11.4 Å². The maximum absolute atomic E-state index is 11.8. The fraction of sp³-hybridized carbons (Fsp3) is 0.286. The zero-order valence-corrected chi connectivity index (χ0v) is 12.6. The van der Waals surface area contributed by atoms with Crippen LogP contribution in [0.25, 0.3) is 17.1 Å². The first kappa shape index (κ1) is 14.7. The number of amides is 1. The lowest BCUT2D eigenvalue weighted by Gasteiger charge is -2.11. The summed E-state index contributed by atoms with van der Waals surface area (Å²) in [6.45, 7) is 5.70. The zero-order valence-electron chi connectivity index (χ0n) is 12.6. The van der Waals surface area contributed by atoms with Gasteiger partial charge in [-0.1, -0.05) is 6.58 Å². The van der Waals surface area contributed by atoms with E-state index in [0.29, 0.717) is 28.7 Å². The molecule has 0 atom stereocenters. The number of nitrogens with one attached hydrogen (secondary N) is 1. The van der Waals surface area contributed by atoms with Gasteiger partial charge in [0.15, 0.2) is 5.69 Å². The predicted octanol–water partition coefficient (Wildman–Crippen LogP) is 1.26. The van der Waals surface area contributed by atoms with Crippen molar-refractivity contribution in [2.45, 2.75) is 6.92 Å². The van der Waals surface area contributed by atoms with Crippen LogP contribution in [0.3, 0.4) is 0 Å². The fourth-order valence-electron chi connectivity index (χ4n) is 1.80. The summed E-state index contributed by atoms with van der Waals surface area (Å²) in [7, 11) is 5.30. The van der Waals surface area contributed by atoms with Gasteiger partial charge in [0.1, 0.15) is 0 Å². The average Bonchev–Trinajstić information content (AvgIpc) is 2.92. The van der Waals surface area contributed by atoms with E-state index in [9.17, 15) is 4.79 Å². The Bertz CT molecular complexity index is 689. The third-order valence-corrected chi connectivity index (χ3v) is 2.84. The minimum absolute atomic E-state index is 0.252. The molecule has 0 bridgehead atoms. The first-order valence-corrected chi connectivity index (χ1v) is 6.42. The number of nitrogens with zero attached hydrogens (tertiary/aromatic N) is 5. The third kappa shape index (κ3) is 2.91. The van der Waals surface area contributed by atoms with E-state index in [-0.39, 0.29) is 5.91 Å². The number of anilines is 1. The molecule has 0 saturated carbocycles. The molecule has 0 saturated heterocycles. The highest BCUT2D eigenvalue weighted by atomic mass is 16.1. The summed E-state index contributed by atoms with van der Waals surface area (Å²) >= 11 is 0. The maximum Gasteiger partial charge on any atom is 0.271 e. The quantitative estimate of drug-likeness (QED) is 0.915. The van der Waals surface area contributed by atoms with Crippen LogP contribution in [-0.4, -0.2) is 46.8 Å². The van der Waals surface area contributed by atoms with Gasteiger partial charge in [-0.25, -0.2) is 14.6 Å². The number of carbonyl (C=O) groups excluding carboxylic acids is 1. The molecule has 0 aliphatic rings. The van der Waals surface area contributed by atoms with E-state index < -0.39 is 0 Å². The Hall–Kier alpha value is -2.70. The van der Waals surface area contributed by atoms with Crippen LogP contribution in [0.5, 0.6) is 0 Å². The van der Waals surface area contributed by atoms with Crippen LogP contribution in [0.2, 0.25) is 0 Å². The van der Waals surface area contributed by atoms with Gasteiger partial charge in [0.25, 0.3) is 5.91 Å². The van der Waals surface area contributed by atoms with Crippen molar-refractivity contribution in [3.8, 4) is 11.4 Å². The molecule has 0 spiro atoms. The number of allylic oxidation sites excluding steroid dienone is 1. The van der Waals surface area contributed by atoms with Crippen LogP contribution in [0.4, 0.5) is 5.95 Å². The van der Waals surface area contributed by atoms with Crippen molar-refractivity contribution in [1.82, 2.24) is 25.1 Å². The summed E-state index contributed by atoms with van der Waals surface area (Å²) in [5.74, 6) is 0.335. The summed E-state index contributed by atoms with van der Waals surface area (Å²) in [5.41, 5.74) is 2.40. The van der Waals surface area contributed by atoms with Crippen LogP contribution >= 0.6 is 0 Å². The maximum atomic E-state index is 11.8. The topological polar surface area (TPSA) is 75.9 Å². The second-order valence-electron chi connectivity index (χ2n) is 4.78. The van der Waals surface area contributed by atoms with Gasteiger partial charge in [-0.15, -0.1) is 0 Å². The molecule has 0 radical (unpaired) electrons. The lowest BCUT2D eigenvalue weighted by Crippen LogP contribution is -2.18. The highest BCUT2D eigenvalue weighted by molar-refractivity contribution is 5.93. The Morgan fingerprint density at radius 1 is 1.43 bits per heavy atom. The monoisotopic (exact) mass is 286 g/mol. The molecule has 7 heteroatoms. The predicted molar refractivity (Wildman–Crippen MR) is 82.0 cm³/mol. The van der Waals surface area contributed by atoms with Crippen LogP contribution < -0.4 is 10.2 Å². The number of rotatable bonds is 4. The number of carbonyl (C=O) groups is 1. The molecule has 2 aromatic rings. The van der Waals surface area contributed by atoms with E-state index in [1.54, 1.807) is 30.1 Å². The molecule has 0 unspecified atom stereocenters. The van der Waals surface area contributed by atoms with Crippen LogP contribution in [-0.2, 0) is 0 Å². The lowest BCUT2D eigenvalue weighted by atomic mass is 10.2. The van der Waals surface area contributed by atoms with E-state index in [4.69, 9.17) is 0 Å². The molecule has 21 heavy (non-hydrogen) atoms. The average molecular weight is 286 g/mol. The minimum atomic E-state index is -0.252. The van der Waals surface area contributed by atoms with Crippen LogP contribution in [0, 0.1) is 0 Å². The summed E-state index contributed by atoms with van der Waals surface area (Å²) < 4.78 is 1.60. The Kier molecular flexibility index (Phi) is 4.02. The second kappa shape index (κ2) is 5.74. The standard InChI is InChI=1S/C14H18N6O/c1-9(2)20-12(8-11(18-20)13(21)15-3)10-6-7-16-14(17-10)19(4)5/h6-8H,1H2,2-5H3,(H,15,21). The lowest BCUT2D eigenvalue weighted by molar-refractivity contribution is 0.0958. The molecule has 0 fully saturated rings. The molecule has 0 aromatic carbocycles. The van der Waals surface area contributed by atoms with E-state index in [1.165, 1.54) is 0 Å². The highest BCUT2D eigenvalue weighted by Crippen LogP contribution is 2.22. The Labute approximate surface area is 123 Å². The van der Waals surface area contributed by atoms with Crippen molar-refractivity contribution in [3.63, 3.8) is 0 Å². The zero-order chi connectivity index (χ0) is 15.6. The molecule has 0 aliphatic heterocycles. The van der Waals surface area contributed by atoms with Crippen molar-refractivity contribution in [3.05, 3.63) is 30.6 Å². The number of aromatic nitrogens is 4. The molecule has 7 nitrogen and oxygen atoms in total. The molecule has 1 amide bonds. The summed E-state index contributed by atoms with van der Waals surface area (Å²) in [5, 5.41) is 6.82. The number of hydrogen-bond acceptors (Lipinski definition) is 5. The molecule has 110 valence electrons. The summed E-state index contributed by atoms with van der Waals surface area (Å²) in [6, 6.07) is 3.46. The van der Waals surface area contributed by atoms with Crippen molar-refractivity contribution in [1.29, 1.82) is 0 Å². The van der Waals surface area contributed by atoms with Crippen molar-refractivity contribution in [2.24, 2.45) is 0 Å². The van der Waals surface area contributed by atoms with Gasteiger partial charge < -0.3 is 10.2 Å². The van der Waals surface area contributed by atoms with Crippen molar-refractivity contribution in [2.75, 3.05) is 26.0 Å². The molecule has 0 aliphatic carbocycles. The third-order valence-electron chi connectivity index (χ3n) is 2.84. The Morgan fingerprint density at radius 2 is 2.14 bits per heavy atom. The smallest absolute Gasteiger partial charge is 0.271 e. The van der Waals surface area contributed by atoms with Gasteiger partial charge >= 0.3 is 0 Å². The Morgan fingerprint density at radius 3 is 2.71 bits per heavy atom. The second-order valence-corrected chi connectivity index (χ2v) is 4.78. The van der Waals surface area contributed by atoms with Gasteiger partial charge in [-0.05, 0) is 19.1 Å². The summed E-state index contributed by atoms with van der Waals surface area (Å²) in [4.78, 5) is 22.2. The normalized spacial score (nSPS) is 10.3. The number of hydrogen-bond donors (Lipinski definition) is 1. The first-order chi connectivity index (χ1) is 9.93. The van der Waals surface area contributed by atoms with Gasteiger partial charge in [-0.2, -0.15) is 5.10 Å². The highest BCUT2D eigenvalue weighted by Gasteiger charge is 2.16. The first-order valence-electron chi connectivity index (χ1n) is 6.42. The van der Waals surface area contributed by atoms with E-state index >= 15 is 0 Å². The van der Waals surface area contributed by atoms with Crippen molar-refractivity contribution < 1.29 is 4.79 Å². The van der Waals surface area contributed by atoms with Crippen LogP contribution in [0.15, 0.2) is 24.9 Å². The molecule has 1 N–H and O–H groups in total. The fourth-order valence-corrected chi connectivity index (χ4v) is 1.80. The van der Waals surface area contributed by atoms with E-state index in [1.807, 2.05) is 25.9 Å². The molecule has 2 heterocycles. The minimum Gasteiger partial charge on any atom is -0.354 e. The van der Waals surface area contributed by atoms with Crippen LogP contribution in [0.1, 0.15) is 17.4 Å². The van der Waals surface area contributed by atoms with Gasteiger partial charge in [0, 0.05) is 33.0 Å². The largest absolute Gasteiger partial charge is 0.354 e. The van der Waals surface area contributed by atoms with E-state index in [2.05, 4.69) is 27.0 Å². The SMILES string of the molecule is C=C(C)n1nc(C(=O)NC)cc1-c1ccnc(N(C)C)n1. The molecular formula is C14H18N6O. The van der Waals surface area contributed by atoms with E-state index in [0.717, 1.165) is 0 Å². The molecule has 2 rings (SSSR count). The molecule has 2 aromatic heterocycles. The van der Waals surface area contributed by atoms with Gasteiger partial charge in [-0.3, -0.25) is 4.79 Å². The van der Waals surface area contributed by atoms with Gasteiger partial charge in [0.2, 0.25) is 5.95 Å². The summed E-state index contributed by atoms with van der Waals surface area (Å²) in [6.07, 6.45) is 1.67. The molecular weight excluding hydrogens is 268 g/mol.